The molecule has 6 heteroatoms. The van der Waals surface area contributed by atoms with Gasteiger partial charge in [0.15, 0.2) is 0 Å². The highest BCUT2D eigenvalue weighted by Crippen LogP contribution is 2.36. The van der Waals surface area contributed by atoms with Crippen LogP contribution in [0.15, 0.2) is 79.0 Å². The van der Waals surface area contributed by atoms with E-state index in [9.17, 15) is 13.2 Å². The third-order valence-electron chi connectivity index (χ3n) is 5.03. The van der Waals surface area contributed by atoms with Gasteiger partial charge in [0.05, 0.1) is 17.2 Å². The van der Waals surface area contributed by atoms with Crippen LogP contribution in [0.4, 0.5) is 13.2 Å². The molecule has 3 aromatic carbocycles. The molecule has 1 heterocycles. The molecule has 0 amide bonds. The molecule has 3 nitrogen and oxygen atoms in total. The van der Waals surface area contributed by atoms with E-state index in [4.69, 9.17) is 5.26 Å². The summed E-state index contributed by atoms with van der Waals surface area (Å²) >= 11 is 0. The minimum absolute atomic E-state index is 0.171. The van der Waals surface area contributed by atoms with Gasteiger partial charge in [-0.3, -0.25) is 0 Å². The Bertz CT molecular complexity index is 1210. The van der Waals surface area contributed by atoms with Gasteiger partial charge in [0.2, 0.25) is 0 Å². The molecule has 0 spiro atoms. The average molecular weight is 417 g/mol. The molecule has 0 bridgehead atoms. The number of nitrogens with one attached hydrogen (secondary N) is 1. The summed E-state index contributed by atoms with van der Waals surface area (Å²) in [6, 6.07) is 22.1. The highest BCUT2D eigenvalue weighted by atomic mass is 19.4. The van der Waals surface area contributed by atoms with Crippen LogP contribution in [-0.4, -0.2) is 9.97 Å². The maximum atomic E-state index is 13.3. The van der Waals surface area contributed by atoms with Gasteiger partial charge >= 0.3 is 6.18 Å². The van der Waals surface area contributed by atoms with Gasteiger partial charge < -0.3 is 4.98 Å². The van der Waals surface area contributed by atoms with Crippen LogP contribution in [-0.2, 0) is 19.0 Å². The number of halogens is 3. The Kier molecular flexibility index (Phi) is 5.59. The zero-order valence-electron chi connectivity index (χ0n) is 16.4. The van der Waals surface area contributed by atoms with E-state index in [0.29, 0.717) is 24.0 Å². The highest BCUT2D eigenvalue weighted by molar-refractivity contribution is 5.68. The largest absolute Gasteiger partial charge is 0.417 e. The van der Waals surface area contributed by atoms with Crippen molar-refractivity contribution in [2.24, 2.45) is 0 Å². The molecule has 4 rings (SSSR count). The summed E-state index contributed by atoms with van der Waals surface area (Å²) < 4.78 is 39.8. The van der Waals surface area contributed by atoms with Gasteiger partial charge in [-0.1, -0.05) is 54.6 Å². The van der Waals surface area contributed by atoms with Crippen molar-refractivity contribution in [2.75, 3.05) is 0 Å². The minimum Gasteiger partial charge on any atom is -0.345 e. The molecule has 0 unspecified atom stereocenters. The summed E-state index contributed by atoms with van der Waals surface area (Å²) in [6.07, 6.45) is -1.39. The molecule has 0 aliphatic heterocycles. The van der Waals surface area contributed by atoms with E-state index in [1.165, 1.54) is 12.1 Å². The Morgan fingerprint density at radius 3 is 2.16 bits per heavy atom. The molecule has 0 fully saturated rings. The van der Waals surface area contributed by atoms with Gasteiger partial charge in [0.1, 0.15) is 5.82 Å². The number of H-pyrrole nitrogens is 1. The quantitative estimate of drug-likeness (QED) is 0.423. The van der Waals surface area contributed by atoms with Gasteiger partial charge in [-0.15, -0.1) is 0 Å². The van der Waals surface area contributed by atoms with Crippen molar-refractivity contribution in [1.29, 1.82) is 5.26 Å². The summed E-state index contributed by atoms with van der Waals surface area (Å²) in [5.41, 5.74) is 3.66. The highest BCUT2D eigenvalue weighted by Gasteiger charge is 2.33. The molecule has 1 aromatic heterocycles. The number of alkyl halides is 3. The van der Waals surface area contributed by atoms with Gasteiger partial charge in [-0.25, -0.2) is 4.98 Å². The van der Waals surface area contributed by atoms with Crippen molar-refractivity contribution in [3.05, 3.63) is 113 Å². The van der Waals surface area contributed by atoms with Crippen LogP contribution in [0.25, 0.3) is 11.1 Å². The van der Waals surface area contributed by atoms with Crippen LogP contribution in [0.3, 0.4) is 0 Å². The second-order valence-corrected chi connectivity index (χ2v) is 7.26. The number of hydrogen-bond donors (Lipinski definition) is 1. The lowest BCUT2D eigenvalue weighted by atomic mass is 9.98. The third kappa shape index (κ3) is 4.84. The Balaban J connectivity index is 1.46. The van der Waals surface area contributed by atoms with E-state index < -0.39 is 11.7 Å². The molecule has 31 heavy (non-hydrogen) atoms. The Hall–Kier alpha value is -3.85. The van der Waals surface area contributed by atoms with E-state index in [1.54, 1.807) is 36.5 Å². The molecule has 0 saturated heterocycles. The zero-order valence-corrected chi connectivity index (χ0v) is 16.4. The van der Waals surface area contributed by atoms with Gasteiger partial charge in [-0.2, -0.15) is 18.4 Å². The second-order valence-electron chi connectivity index (χ2n) is 7.26. The zero-order chi connectivity index (χ0) is 21.8. The van der Waals surface area contributed by atoms with E-state index in [1.807, 2.05) is 24.3 Å². The maximum absolute atomic E-state index is 13.3. The Morgan fingerprint density at radius 2 is 1.48 bits per heavy atom. The number of rotatable bonds is 5. The van der Waals surface area contributed by atoms with E-state index in [2.05, 4.69) is 16.0 Å². The number of nitrogens with zero attached hydrogens (tertiary/aromatic N) is 2. The number of benzene rings is 3. The van der Waals surface area contributed by atoms with Crippen LogP contribution in [0.5, 0.6) is 0 Å². The monoisotopic (exact) mass is 417 g/mol. The molecular formula is C25H18F3N3. The number of aromatic nitrogens is 2. The molecule has 0 saturated carbocycles. The summed E-state index contributed by atoms with van der Waals surface area (Å²) in [5, 5.41) is 8.88. The van der Waals surface area contributed by atoms with Crippen molar-refractivity contribution in [3.63, 3.8) is 0 Å². The van der Waals surface area contributed by atoms with E-state index in [-0.39, 0.29) is 5.56 Å². The summed E-state index contributed by atoms with van der Waals surface area (Å²) in [4.78, 5) is 7.70. The molecule has 0 atom stereocenters. The van der Waals surface area contributed by atoms with E-state index >= 15 is 0 Å². The minimum atomic E-state index is -4.39. The average Bonchev–Trinajstić information content (AvgIpc) is 3.21. The standard InChI is InChI=1S/C25H18F3N3/c26-25(27,28)23-4-2-1-3-22(23)20-11-9-18(10-12-20)14-24-30-16-21(31-24)13-17-5-7-19(15-29)8-6-17/h1-12,16H,13-14H2,(H,30,31). The smallest absolute Gasteiger partial charge is 0.345 e. The predicted molar refractivity (Wildman–Crippen MR) is 112 cm³/mol. The summed E-state index contributed by atoms with van der Waals surface area (Å²) in [6.45, 7) is 0. The van der Waals surface area contributed by atoms with Crippen LogP contribution in [0.1, 0.15) is 33.8 Å². The lowest BCUT2D eigenvalue weighted by Crippen LogP contribution is -2.06. The molecule has 1 N–H and O–H groups in total. The fraction of sp³-hybridized carbons (Fsp3) is 0.120. The van der Waals surface area contributed by atoms with Gasteiger partial charge in [0, 0.05) is 24.7 Å². The van der Waals surface area contributed by atoms with Gasteiger partial charge in [-0.05, 0) is 40.5 Å². The number of imidazole rings is 1. The lowest BCUT2D eigenvalue weighted by Gasteiger charge is -2.13. The Morgan fingerprint density at radius 1 is 0.839 bits per heavy atom. The molecular weight excluding hydrogens is 399 g/mol. The molecule has 0 aliphatic rings. The SMILES string of the molecule is N#Cc1ccc(Cc2cnc(Cc3ccc(-c4ccccc4C(F)(F)F)cc3)[nH]2)cc1. The van der Waals surface area contributed by atoms with Crippen LogP contribution < -0.4 is 0 Å². The van der Waals surface area contributed by atoms with Crippen LogP contribution >= 0.6 is 0 Å². The third-order valence-corrected chi connectivity index (χ3v) is 5.03. The normalized spacial score (nSPS) is 11.3. The molecule has 0 radical (unpaired) electrons. The maximum Gasteiger partial charge on any atom is 0.417 e. The van der Waals surface area contributed by atoms with Crippen molar-refractivity contribution in [3.8, 4) is 17.2 Å². The first kappa shape index (κ1) is 20.4. The van der Waals surface area contributed by atoms with Crippen molar-refractivity contribution < 1.29 is 13.2 Å². The fourth-order valence-corrected chi connectivity index (χ4v) is 3.48. The number of hydrogen-bond acceptors (Lipinski definition) is 2. The summed E-state index contributed by atoms with van der Waals surface area (Å²) in [7, 11) is 0. The topological polar surface area (TPSA) is 52.5 Å². The number of nitriles is 1. The van der Waals surface area contributed by atoms with Crippen LogP contribution in [0.2, 0.25) is 0 Å². The van der Waals surface area contributed by atoms with Crippen LogP contribution in [0, 0.1) is 11.3 Å². The second kappa shape index (κ2) is 8.49. The fourth-order valence-electron chi connectivity index (χ4n) is 3.48. The van der Waals surface area contributed by atoms with E-state index in [0.717, 1.165) is 28.7 Å². The first-order chi connectivity index (χ1) is 14.9. The van der Waals surface area contributed by atoms with Crippen molar-refractivity contribution in [1.82, 2.24) is 9.97 Å². The molecule has 0 aliphatic carbocycles. The predicted octanol–water partition coefficient (Wildman–Crippen LogP) is 6.15. The van der Waals surface area contributed by atoms with Crippen molar-refractivity contribution in [2.45, 2.75) is 19.0 Å². The summed E-state index contributed by atoms with van der Waals surface area (Å²) in [5.74, 6) is 0.784. The Labute approximate surface area is 177 Å². The van der Waals surface area contributed by atoms with Gasteiger partial charge in [0.25, 0.3) is 0 Å². The first-order valence-electron chi connectivity index (χ1n) is 9.70. The first-order valence-corrected chi connectivity index (χ1v) is 9.70. The molecule has 4 aromatic rings. The number of aromatic amines is 1. The lowest BCUT2D eigenvalue weighted by molar-refractivity contribution is -0.137. The molecule has 154 valence electrons. The van der Waals surface area contributed by atoms with Crippen molar-refractivity contribution >= 4 is 0 Å².